The van der Waals surface area contributed by atoms with Crippen molar-refractivity contribution < 1.29 is 19.1 Å². The molecule has 2 rings (SSSR count). The molecule has 1 fully saturated rings. The predicted octanol–water partition coefficient (Wildman–Crippen LogP) is 1.86. The zero-order valence-electron chi connectivity index (χ0n) is 13.7. The average Bonchev–Trinajstić information content (AvgIpc) is 3.02. The van der Waals surface area contributed by atoms with Crippen molar-refractivity contribution in [1.29, 1.82) is 0 Å². The van der Waals surface area contributed by atoms with Crippen LogP contribution in [0.15, 0.2) is 23.9 Å². The number of nitrogens with zero attached hydrogens (tertiary/aromatic N) is 1. The van der Waals surface area contributed by atoms with Gasteiger partial charge in [-0.2, -0.15) is 0 Å². The number of unbranched alkanes of at least 4 members (excludes halogenated alkanes) is 2. The number of hydrogen-bond donors (Lipinski definition) is 1. The maximum Gasteiger partial charge on any atom is 0.305 e. The second kappa shape index (κ2) is 8.72. The van der Waals surface area contributed by atoms with E-state index >= 15 is 0 Å². The molecular weight excluding hydrogens is 296 g/mol. The summed E-state index contributed by atoms with van der Waals surface area (Å²) in [5.74, 6) is -0.558. The third-order valence-electron chi connectivity index (χ3n) is 4.11. The van der Waals surface area contributed by atoms with Gasteiger partial charge in [-0.25, -0.2) is 0 Å². The first-order valence-electron chi connectivity index (χ1n) is 8.34. The van der Waals surface area contributed by atoms with E-state index in [1.807, 2.05) is 11.1 Å². The molecule has 6 heteroatoms. The van der Waals surface area contributed by atoms with Gasteiger partial charge in [0.15, 0.2) is 0 Å². The van der Waals surface area contributed by atoms with E-state index in [0.717, 1.165) is 32.1 Å². The first kappa shape index (κ1) is 17.5. The largest absolute Gasteiger partial charge is 0.463 e. The number of primary amides is 1. The summed E-state index contributed by atoms with van der Waals surface area (Å²) in [6, 6.07) is 0. The van der Waals surface area contributed by atoms with E-state index < -0.39 is 5.91 Å². The lowest BCUT2D eigenvalue weighted by Crippen LogP contribution is -2.36. The van der Waals surface area contributed by atoms with Crippen molar-refractivity contribution in [2.45, 2.75) is 57.8 Å². The van der Waals surface area contributed by atoms with Crippen molar-refractivity contribution in [3.63, 3.8) is 0 Å². The van der Waals surface area contributed by atoms with Crippen LogP contribution in [0, 0.1) is 0 Å². The third-order valence-corrected chi connectivity index (χ3v) is 4.11. The van der Waals surface area contributed by atoms with Crippen molar-refractivity contribution >= 4 is 11.9 Å². The zero-order valence-corrected chi connectivity index (χ0v) is 13.7. The summed E-state index contributed by atoms with van der Waals surface area (Å²) in [7, 11) is 0. The monoisotopic (exact) mass is 322 g/mol. The molecule has 0 bridgehead atoms. The lowest BCUT2D eigenvalue weighted by atomic mass is 10.1. The van der Waals surface area contributed by atoms with E-state index in [-0.39, 0.29) is 18.3 Å². The number of carbonyl (C=O) groups excluding carboxylic acids is 2. The molecular formula is C17H26N2O4. The Hall–Kier alpha value is -1.82. The highest BCUT2D eigenvalue weighted by atomic mass is 16.6. The van der Waals surface area contributed by atoms with Gasteiger partial charge in [0.2, 0.25) is 5.91 Å². The van der Waals surface area contributed by atoms with Crippen molar-refractivity contribution in [2.75, 3.05) is 13.2 Å². The van der Waals surface area contributed by atoms with E-state index in [1.165, 1.54) is 0 Å². The van der Waals surface area contributed by atoms with Crippen LogP contribution in [-0.4, -0.2) is 42.3 Å². The molecule has 6 nitrogen and oxygen atoms in total. The normalized spacial score (nSPS) is 23.7. The summed E-state index contributed by atoms with van der Waals surface area (Å²) in [6.07, 6.45) is 10.4. The summed E-state index contributed by atoms with van der Waals surface area (Å²) in [5.41, 5.74) is 5.89. The van der Waals surface area contributed by atoms with Crippen molar-refractivity contribution in [1.82, 2.24) is 4.90 Å². The highest BCUT2D eigenvalue weighted by Gasteiger charge is 2.30. The van der Waals surface area contributed by atoms with Crippen LogP contribution in [0.5, 0.6) is 0 Å². The van der Waals surface area contributed by atoms with Gasteiger partial charge in [-0.15, -0.1) is 0 Å². The number of esters is 1. The van der Waals surface area contributed by atoms with E-state index in [0.29, 0.717) is 25.1 Å². The molecule has 0 unspecified atom stereocenters. The summed E-state index contributed by atoms with van der Waals surface area (Å²) < 4.78 is 11.2. The fraction of sp³-hybridized carbons (Fsp3) is 0.647. The highest BCUT2D eigenvalue weighted by molar-refractivity contribution is 5.92. The van der Waals surface area contributed by atoms with E-state index in [1.54, 1.807) is 12.2 Å². The van der Waals surface area contributed by atoms with Crippen LogP contribution >= 0.6 is 0 Å². The average molecular weight is 322 g/mol. The number of rotatable bonds is 8. The van der Waals surface area contributed by atoms with Crippen LogP contribution in [0.25, 0.3) is 0 Å². The van der Waals surface area contributed by atoms with Gasteiger partial charge >= 0.3 is 5.97 Å². The molecule has 1 amide bonds. The van der Waals surface area contributed by atoms with Gasteiger partial charge < -0.3 is 20.1 Å². The minimum atomic E-state index is -0.407. The van der Waals surface area contributed by atoms with Crippen LogP contribution < -0.4 is 5.73 Å². The van der Waals surface area contributed by atoms with Crippen molar-refractivity contribution in [3.8, 4) is 0 Å². The van der Waals surface area contributed by atoms with Crippen LogP contribution in [0.3, 0.4) is 0 Å². The number of hydrogen-bond acceptors (Lipinski definition) is 5. The molecule has 0 aliphatic carbocycles. The van der Waals surface area contributed by atoms with Crippen LogP contribution in [-0.2, 0) is 19.1 Å². The van der Waals surface area contributed by atoms with Crippen LogP contribution in [0.2, 0.25) is 0 Å². The van der Waals surface area contributed by atoms with Gasteiger partial charge in [0.05, 0.1) is 12.6 Å². The Labute approximate surface area is 137 Å². The fourth-order valence-corrected chi connectivity index (χ4v) is 2.76. The summed E-state index contributed by atoms with van der Waals surface area (Å²) in [4.78, 5) is 24.8. The SMILES string of the molecule is CCCCCC(=O)OC[C@@H]1CC[C@H](N2C=CC=C(C(N)=O)C2)O1. The molecule has 0 aromatic carbocycles. The topological polar surface area (TPSA) is 81.9 Å². The number of allylic oxidation sites excluding steroid dienone is 2. The van der Waals surface area contributed by atoms with E-state index in [9.17, 15) is 9.59 Å². The summed E-state index contributed by atoms with van der Waals surface area (Å²) >= 11 is 0. The smallest absolute Gasteiger partial charge is 0.305 e. The molecule has 0 saturated carbocycles. The second-order valence-corrected chi connectivity index (χ2v) is 6.00. The number of carbonyl (C=O) groups is 2. The van der Waals surface area contributed by atoms with Gasteiger partial charge in [-0.3, -0.25) is 9.59 Å². The molecule has 1 saturated heterocycles. The minimum absolute atomic E-state index is 0.0774. The summed E-state index contributed by atoms with van der Waals surface area (Å²) in [6.45, 7) is 2.86. The van der Waals surface area contributed by atoms with Crippen LogP contribution in [0.4, 0.5) is 0 Å². The molecule has 0 aromatic rings. The maximum atomic E-state index is 11.6. The Morgan fingerprint density at radius 1 is 1.39 bits per heavy atom. The lowest BCUT2D eigenvalue weighted by Gasteiger charge is -2.29. The molecule has 2 atom stereocenters. The van der Waals surface area contributed by atoms with Crippen molar-refractivity contribution in [3.05, 3.63) is 23.9 Å². The Morgan fingerprint density at radius 2 is 2.22 bits per heavy atom. The molecule has 128 valence electrons. The molecule has 2 aliphatic heterocycles. The van der Waals surface area contributed by atoms with Gasteiger partial charge in [0.25, 0.3) is 0 Å². The predicted molar refractivity (Wildman–Crippen MR) is 86.1 cm³/mol. The van der Waals surface area contributed by atoms with E-state index in [4.69, 9.17) is 15.2 Å². The molecule has 2 aliphatic rings. The summed E-state index contributed by atoms with van der Waals surface area (Å²) in [5, 5.41) is 0. The molecule has 2 N–H and O–H groups in total. The zero-order chi connectivity index (χ0) is 16.7. The first-order chi connectivity index (χ1) is 11.1. The first-order valence-corrected chi connectivity index (χ1v) is 8.34. The Kier molecular flexibility index (Phi) is 6.65. The van der Waals surface area contributed by atoms with Crippen molar-refractivity contribution in [2.24, 2.45) is 5.73 Å². The molecule has 0 spiro atoms. The quantitative estimate of drug-likeness (QED) is 0.545. The Morgan fingerprint density at radius 3 is 2.96 bits per heavy atom. The van der Waals surface area contributed by atoms with Gasteiger partial charge in [-0.1, -0.05) is 25.8 Å². The van der Waals surface area contributed by atoms with Crippen LogP contribution in [0.1, 0.15) is 45.4 Å². The standard InChI is InChI=1S/C17H26N2O4/c1-2-3-4-7-16(20)22-12-14-8-9-15(23-14)19-10-5-6-13(11-19)17(18)21/h5-6,10,14-15H,2-4,7-9,11-12H2,1H3,(H2,18,21)/t14-,15+/m0/s1. The Bertz CT molecular complexity index is 487. The second-order valence-electron chi connectivity index (χ2n) is 6.00. The molecule has 0 aromatic heterocycles. The fourth-order valence-electron chi connectivity index (χ4n) is 2.76. The van der Waals surface area contributed by atoms with E-state index in [2.05, 4.69) is 6.92 Å². The highest BCUT2D eigenvalue weighted by Crippen LogP contribution is 2.25. The Balaban J connectivity index is 1.70. The minimum Gasteiger partial charge on any atom is -0.463 e. The number of nitrogens with two attached hydrogens (primary N) is 1. The van der Waals surface area contributed by atoms with Gasteiger partial charge in [0.1, 0.15) is 12.8 Å². The molecule has 23 heavy (non-hydrogen) atoms. The lowest BCUT2D eigenvalue weighted by molar-refractivity contribution is -0.149. The van der Waals surface area contributed by atoms with Gasteiger partial charge in [0, 0.05) is 18.2 Å². The van der Waals surface area contributed by atoms with Gasteiger partial charge in [-0.05, 0) is 25.3 Å². The molecule has 0 radical (unpaired) electrons. The molecule has 2 heterocycles. The number of ether oxygens (including phenoxy) is 2. The maximum absolute atomic E-state index is 11.6. The third kappa shape index (κ3) is 5.39. The number of amides is 1.